The van der Waals surface area contributed by atoms with Gasteiger partial charge in [0, 0.05) is 23.8 Å². The number of pyridine rings is 2. The number of nitrogens with one attached hydrogen (secondary N) is 1. The number of aromatic nitrogens is 2. The number of nitrogen functional groups attached to an aromatic ring is 1. The van der Waals surface area contributed by atoms with Crippen LogP contribution in [0.3, 0.4) is 0 Å². The van der Waals surface area contributed by atoms with Crippen LogP contribution in [0.4, 0.5) is 11.6 Å². The molecule has 3 N–H and O–H groups in total. The van der Waals surface area contributed by atoms with Crippen LogP contribution in [0.15, 0.2) is 53.6 Å². The summed E-state index contributed by atoms with van der Waals surface area (Å²) in [4.78, 5) is 23.9. The Morgan fingerprint density at radius 3 is 2.43 bits per heavy atom. The molecule has 0 spiro atoms. The summed E-state index contributed by atoms with van der Waals surface area (Å²) in [6.07, 6.45) is 2.33. The predicted octanol–water partition coefficient (Wildman–Crippen LogP) is 4.09. The number of anilines is 2. The molecule has 1 unspecified atom stereocenters. The van der Waals surface area contributed by atoms with Crippen molar-refractivity contribution in [2.45, 2.75) is 51.5 Å². The van der Waals surface area contributed by atoms with E-state index in [4.69, 9.17) is 10.7 Å². The zero-order chi connectivity index (χ0) is 25.5. The first kappa shape index (κ1) is 24.7. The highest BCUT2D eigenvalue weighted by atomic mass is 32.2. The summed E-state index contributed by atoms with van der Waals surface area (Å²) < 4.78 is 28.0. The monoisotopic (exact) mass is 493 g/mol. The molecule has 3 heterocycles. The Kier molecular flexibility index (Phi) is 6.31. The second-order valence-electron chi connectivity index (χ2n) is 9.76. The van der Waals surface area contributed by atoms with Gasteiger partial charge < -0.3 is 10.6 Å². The van der Waals surface area contributed by atoms with Gasteiger partial charge in [-0.05, 0) is 76.4 Å². The number of amides is 1. The van der Waals surface area contributed by atoms with Crippen LogP contribution in [0.2, 0.25) is 0 Å². The Morgan fingerprint density at radius 1 is 1.14 bits per heavy atom. The molecule has 1 aliphatic heterocycles. The normalized spacial score (nSPS) is 17.4. The maximum atomic E-state index is 13.4. The number of rotatable bonds is 5. The van der Waals surface area contributed by atoms with E-state index < -0.39 is 15.9 Å². The van der Waals surface area contributed by atoms with Gasteiger partial charge in [0.2, 0.25) is 0 Å². The van der Waals surface area contributed by atoms with Crippen LogP contribution in [-0.4, -0.2) is 36.4 Å². The number of carbonyl (C=O) groups is 1. The number of sulfonamides is 1. The number of nitrogens with two attached hydrogens (primary N) is 1. The van der Waals surface area contributed by atoms with Gasteiger partial charge in [0.05, 0.1) is 11.3 Å². The van der Waals surface area contributed by atoms with Gasteiger partial charge in [-0.1, -0.05) is 24.1 Å². The number of carbonyl (C=O) groups excluding carboxylic acids is 1. The molecule has 2 aromatic heterocycles. The number of aryl methyl sites for hydroxylation is 2. The van der Waals surface area contributed by atoms with E-state index in [0.29, 0.717) is 18.3 Å². The molecule has 8 nitrogen and oxygen atoms in total. The van der Waals surface area contributed by atoms with Crippen molar-refractivity contribution in [2.24, 2.45) is 5.92 Å². The average Bonchev–Trinajstić information content (AvgIpc) is 3.04. The lowest BCUT2D eigenvalue weighted by atomic mass is 9.90. The first-order chi connectivity index (χ1) is 16.4. The van der Waals surface area contributed by atoms with E-state index in [-0.39, 0.29) is 21.8 Å². The fourth-order valence-corrected chi connectivity index (χ4v) is 5.64. The van der Waals surface area contributed by atoms with Crippen molar-refractivity contribution in [3.63, 3.8) is 0 Å². The quantitative estimate of drug-likeness (QED) is 0.550. The van der Waals surface area contributed by atoms with Gasteiger partial charge in [-0.3, -0.25) is 4.79 Å². The lowest BCUT2D eigenvalue weighted by Gasteiger charge is -2.36. The summed E-state index contributed by atoms with van der Waals surface area (Å²) in [6.45, 7) is 11.2. The van der Waals surface area contributed by atoms with Crippen LogP contribution < -0.4 is 15.4 Å². The Labute approximate surface area is 206 Å². The summed E-state index contributed by atoms with van der Waals surface area (Å²) in [5.74, 6) is -0.115. The van der Waals surface area contributed by atoms with E-state index in [9.17, 15) is 13.2 Å². The Morgan fingerprint density at radius 2 is 1.83 bits per heavy atom. The van der Waals surface area contributed by atoms with Gasteiger partial charge in [-0.25, -0.2) is 23.1 Å². The number of benzene rings is 1. The number of nitrogens with zero attached hydrogens (tertiary/aromatic N) is 3. The summed E-state index contributed by atoms with van der Waals surface area (Å²) in [5, 5.41) is 0. The molecule has 184 valence electrons. The molecule has 1 aliphatic rings. The fourth-order valence-electron chi connectivity index (χ4n) is 4.59. The summed E-state index contributed by atoms with van der Waals surface area (Å²) in [6, 6.07) is 12.3. The first-order valence-corrected chi connectivity index (χ1v) is 13.0. The highest BCUT2D eigenvalue weighted by Crippen LogP contribution is 2.39. The molecule has 0 aliphatic carbocycles. The van der Waals surface area contributed by atoms with E-state index in [1.54, 1.807) is 12.1 Å². The van der Waals surface area contributed by atoms with Crippen LogP contribution in [0.1, 0.15) is 48.7 Å². The minimum Gasteiger partial charge on any atom is -0.383 e. The van der Waals surface area contributed by atoms with Crippen LogP contribution >= 0.6 is 0 Å². The highest BCUT2D eigenvalue weighted by molar-refractivity contribution is 7.90. The average molecular weight is 494 g/mol. The van der Waals surface area contributed by atoms with Gasteiger partial charge in [-0.15, -0.1) is 0 Å². The number of hydrogen-bond acceptors (Lipinski definition) is 7. The van der Waals surface area contributed by atoms with Crippen LogP contribution in [0, 0.1) is 19.8 Å². The molecule has 1 aromatic carbocycles. The molecule has 1 amide bonds. The molecule has 1 saturated heterocycles. The molecule has 3 aromatic rings. The molecule has 35 heavy (non-hydrogen) atoms. The number of hydrogen-bond donors (Lipinski definition) is 2. The molecule has 0 bridgehead atoms. The summed E-state index contributed by atoms with van der Waals surface area (Å²) in [7, 11) is -4.22. The van der Waals surface area contributed by atoms with E-state index in [2.05, 4.69) is 41.4 Å². The molecule has 4 rings (SSSR count). The van der Waals surface area contributed by atoms with Crippen molar-refractivity contribution in [1.29, 1.82) is 0 Å². The van der Waals surface area contributed by atoms with Gasteiger partial charge in [0.15, 0.2) is 0 Å². The van der Waals surface area contributed by atoms with E-state index in [1.165, 1.54) is 18.3 Å². The first-order valence-electron chi connectivity index (χ1n) is 11.5. The van der Waals surface area contributed by atoms with Crippen molar-refractivity contribution in [3.05, 3.63) is 65.4 Å². The Hall–Kier alpha value is -3.46. The van der Waals surface area contributed by atoms with Crippen LogP contribution in [0.25, 0.3) is 11.3 Å². The lowest BCUT2D eigenvalue weighted by Crippen LogP contribution is -2.43. The van der Waals surface area contributed by atoms with Crippen LogP contribution in [-0.2, 0) is 10.0 Å². The molecule has 0 radical (unpaired) electrons. The Bertz CT molecular complexity index is 1380. The van der Waals surface area contributed by atoms with E-state index >= 15 is 0 Å². The van der Waals surface area contributed by atoms with Gasteiger partial charge >= 0.3 is 0 Å². The Balaban J connectivity index is 1.80. The largest absolute Gasteiger partial charge is 0.383 e. The summed E-state index contributed by atoms with van der Waals surface area (Å²) >= 11 is 0. The third kappa shape index (κ3) is 4.73. The molecule has 0 saturated carbocycles. The zero-order valence-corrected chi connectivity index (χ0v) is 21.5. The topological polar surface area (TPSA) is 118 Å². The minimum absolute atomic E-state index is 0.175. The standard InChI is InChI=1S/C26H31N5O3S/c1-16-13-17(2)15-19(14-16)21-9-8-20(24(29-21)31-12-10-18(3)26(31,4)5)25(32)30-35(33,34)22-7-6-11-28-23(22)27/h6-9,11,13-15,18H,10,12H2,1-5H3,(H2,27,28)(H,30,32). The van der Waals surface area contributed by atoms with Crippen LogP contribution in [0.5, 0.6) is 0 Å². The van der Waals surface area contributed by atoms with Crippen molar-refractivity contribution < 1.29 is 13.2 Å². The second-order valence-corrected chi connectivity index (χ2v) is 11.4. The smallest absolute Gasteiger partial charge is 0.268 e. The minimum atomic E-state index is -4.22. The van der Waals surface area contributed by atoms with E-state index in [0.717, 1.165) is 28.8 Å². The third-order valence-electron chi connectivity index (χ3n) is 6.90. The van der Waals surface area contributed by atoms with Crippen molar-refractivity contribution >= 4 is 27.6 Å². The van der Waals surface area contributed by atoms with Crippen molar-refractivity contribution in [2.75, 3.05) is 17.2 Å². The summed E-state index contributed by atoms with van der Waals surface area (Å²) in [5.41, 5.74) is 9.55. The van der Waals surface area contributed by atoms with E-state index in [1.807, 2.05) is 26.0 Å². The third-order valence-corrected chi connectivity index (χ3v) is 8.27. The molecular weight excluding hydrogens is 462 g/mol. The second kappa shape index (κ2) is 8.96. The van der Waals surface area contributed by atoms with Crippen molar-refractivity contribution in [3.8, 4) is 11.3 Å². The zero-order valence-electron chi connectivity index (χ0n) is 20.7. The SMILES string of the molecule is Cc1cc(C)cc(-c2ccc(C(=O)NS(=O)(=O)c3cccnc3N)c(N3CCC(C)C3(C)C)n2)c1. The lowest BCUT2D eigenvalue weighted by molar-refractivity contribution is 0.0981. The highest BCUT2D eigenvalue weighted by Gasteiger charge is 2.41. The molecular formula is C26H31N5O3S. The molecule has 9 heteroatoms. The predicted molar refractivity (Wildman–Crippen MR) is 138 cm³/mol. The van der Waals surface area contributed by atoms with Crippen molar-refractivity contribution in [1.82, 2.24) is 14.7 Å². The molecule has 1 atom stereocenters. The molecule has 1 fully saturated rings. The maximum Gasteiger partial charge on any atom is 0.268 e. The maximum absolute atomic E-state index is 13.4. The van der Waals surface area contributed by atoms with Gasteiger partial charge in [0.25, 0.3) is 15.9 Å². The van der Waals surface area contributed by atoms with Gasteiger partial charge in [-0.2, -0.15) is 0 Å². The van der Waals surface area contributed by atoms with Gasteiger partial charge in [0.1, 0.15) is 16.5 Å². The fraction of sp³-hybridized carbons (Fsp3) is 0.346.